The molecule has 0 saturated carbocycles. The topological polar surface area (TPSA) is 555 Å². The number of nitrogens with one attached hydrogen (secondary N) is 7. The summed E-state index contributed by atoms with van der Waals surface area (Å²) >= 11 is 0. The van der Waals surface area contributed by atoms with E-state index < -0.39 is 213 Å². The van der Waals surface area contributed by atoms with E-state index >= 15 is 0 Å². The van der Waals surface area contributed by atoms with Crippen LogP contribution < -0.4 is 37.2 Å². The number of hydrogen-bond acceptors (Lipinski definition) is 25. The van der Waals surface area contributed by atoms with E-state index in [-0.39, 0.29) is 83.5 Å². The Morgan fingerprint density at radius 1 is 0.637 bits per heavy atom. The number of carboxylic acid groups (broad SMARTS) is 2. The summed E-state index contributed by atoms with van der Waals surface area (Å²) < 4.78 is 21.3. The summed E-state index contributed by atoms with van der Waals surface area (Å²) in [4.78, 5) is 158. The molecule has 4 rings (SSSR count). The molecule has 0 unspecified atom stereocenters. The summed E-state index contributed by atoms with van der Waals surface area (Å²) in [6.07, 6.45) is -19.0. The summed E-state index contributed by atoms with van der Waals surface area (Å²) in [5, 5.41) is 133. The fourth-order valence-electron chi connectivity index (χ4n) is 9.83. The van der Waals surface area contributed by atoms with Gasteiger partial charge >= 0.3 is 11.9 Å². The Morgan fingerprint density at radius 3 is 1.75 bits per heavy atom. The minimum absolute atomic E-state index is 0.00623. The highest BCUT2D eigenvalue weighted by atomic mass is 16.5. The second-order valence-corrected chi connectivity index (χ2v) is 22.1. The van der Waals surface area contributed by atoms with Gasteiger partial charge in [0.2, 0.25) is 53.2 Å². The molecule has 91 heavy (non-hydrogen) atoms. The monoisotopic (exact) mass is 1300 g/mol. The lowest BCUT2D eigenvalue weighted by atomic mass is 9.96. The maximum Gasteiger partial charge on any atom is 0.310 e. The van der Waals surface area contributed by atoms with Crippen LogP contribution in [0.15, 0.2) is 24.3 Å². The molecule has 9 amide bonds. The molecular weight excluding hydrogens is 1220 g/mol. The van der Waals surface area contributed by atoms with Crippen molar-refractivity contribution in [3.63, 3.8) is 0 Å². The smallest absolute Gasteiger partial charge is 0.310 e. The Morgan fingerprint density at radius 2 is 1.18 bits per heavy atom. The van der Waals surface area contributed by atoms with Crippen molar-refractivity contribution in [2.24, 2.45) is 11.8 Å². The quantitative estimate of drug-likeness (QED) is 0.0251. The number of aliphatic hydroxyl groups excluding tert-OH is 8. The van der Waals surface area contributed by atoms with E-state index in [2.05, 4.69) is 31.9 Å². The van der Waals surface area contributed by atoms with Crippen LogP contribution in [0, 0.1) is 11.8 Å². The molecule has 510 valence electrons. The van der Waals surface area contributed by atoms with Crippen LogP contribution >= 0.6 is 0 Å². The minimum atomic E-state index is -2.35. The zero-order valence-corrected chi connectivity index (χ0v) is 50.1. The van der Waals surface area contributed by atoms with Crippen molar-refractivity contribution in [1.29, 1.82) is 0 Å². The Bertz CT molecular complexity index is 2670. The van der Waals surface area contributed by atoms with Crippen molar-refractivity contribution in [3.05, 3.63) is 29.8 Å². The molecule has 0 aromatic heterocycles. The Hall–Kier alpha value is -7.62. The number of Topliss-reactive ketones (excluding diaryl/α,β-unsaturated/α-hetero) is 1. The van der Waals surface area contributed by atoms with Crippen LogP contribution in [0.25, 0.3) is 0 Å². The number of phenols is 1. The fraction of sp³-hybridized carbons (Fsp3) is 0.673. The standard InChI is InChI=1S/C55H83N9O27/c1-26-22-64-44(45(26)76)52(83)62-50(81)36(70)21-34(58-39(73)25-91-17-15-89-13-11-57-38(72)24-90-16-14-88-12-10-56-37(71)9-6-30(55(86)87)18-32(68)20-40(74)75)48(79)59-41(27(2)65)53(84)63-23-33(69)19-35(63)49(80)61-43(51(82)60-42(28(3)66)54(64)85)47(78)46(77)29-4-7-31(67)8-5-29/h4-5,7-8,26-28,30,33-36,41-47,50,65-67,69-70,76-78,81H,6,9-25H2,1-3H3,(H,56,71)(H,57,72)(H,58,73)(H,59,79)(H,60,82)(H,61,80)(H,62,83)(H,74,75)(H,86,87)/t26-,27+,28+,30+,33+,34-,35-,36+,41-,42-,43-,44-,45-,46-,47-,50+/m0/s1. The van der Waals surface area contributed by atoms with E-state index in [4.69, 9.17) is 24.1 Å². The third-order valence-corrected chi connectivity index (χ3v) is 14.7. The number of hydrogen-bond donors (Lipinski definition) is 18. The first-order valence-electron chi connectivity index (χ1n) is 29.1. The SMILES string of the molecule is C[C@@H](O)[C@@H]1NC(=O)[C@H]([C@H](O)[C@@H](O)c2ccc(O)cc2)NC(=O)[C@@H]2C[C@@H](O)CN2C(=O)[C@H]([C@@H](C)O)NC(=O)[C@@H](NC(=O)COCCOCCNC(=O)COCCOCCNC(=O)CC[C@H](CC(=O)CC(=O)O)C(=O)O)C[C@@H](O)[C@@H](O)NC(=O)[C@@H]2[C@@H](O)[C@@H](C)CN2C1=O. The number of fused-ring (bicyclic) bond motifs is 2. The van der Waals surface area contributed by atoms with Crippen LogP contribution in [-0.4, -0.2) is 295 Å². The number of benzene rings is 1. The lowest BCUT2D eigenvalue weighted by Gasteiger charge is -2.34. The number of ether oxygens (including phenoxy) is 4. The Kier molecular flexibility index (Phi) is 30.9. The molecule has 36 heteroatoms. The molecule has 3 saturated heterocycles. The number of aliphatic carboxylic acids is 2. The van der Waals surface area contributed by atoms with Gasteiger partial charge in [-0.05, 0) is 38.0 Å². The molecule has 1 aromatic rings. The third kappa shape index (κ3) is 23.9. The van der Waals surface area contributed by atoms with Gasteiger partial charge in [-0.1, -0.05) is 19.1 Å². The maximum absolute atomic E-state index is 14.3. The Balaban J connectivity index is 1.37. The third-order valence-electron chi connectivity index (χ3n) is 14.7. The van der Waals surface area contributed by atoms with E-state index in [0.717, 1.165) is 47.9 Å². The number of ketones is 1. The lowest BCUT2D eigenvalue weighted by molar-refractivity contribution is -0.148. The van der Waals surface area contributed by atoms with Gasteiger partial charge in [0, 0.05) is 57.8 Å². The van der Waals surface area contributed by atoms with Gasteiger partial charge in [0.15, 0.2) is 6.23 Å². The molecule has 3 aliphatic heterocycles. The maximum atomic E-state index is 14.3. The van der Waals surface area contributed by atoms with E-state index in [9.17, 15) is 109 Å². The molecule has 0 bridgehead atoms. The first-order valence-corrected chi connectivity index (χ1v) is 29.1. The summed E-state index contributed by atoms with van der Waals surface area (Å²) in [6, 6.07) is -7.38. The normalized spacial score (nSPS) is 26.2. The zero-order chi connectivity index (χ0) is 67.8. The van der Waals surface area contributed by atoms with Gasteiger partial charge in [0.25, 0.3) is 0 Å². The van der Waals surface area contributed by atoms with Gasteiger partial charge in [-0.2, -0.15) is 0 Å². The van der Waals surface area contributed by atoms with Crippen LogP contribution in [0.5, 0.6) is 5.75 Å². The number of phenolic OH excluding ortho intramolecular Hbond substituents is 1. The fourth-order valence-corrected chi connectivity index (χ4v) is 9.83. The van der Waals surface area contributed by atoms with E-state index in [0.29, 0.717) is 0 Å². The highest BCUT2D eigenvalue weighted by Gasteiger charge is 2.50. The van der Waals surface area contributed by atoms with Crippen molar-refractivity contribution >= 4 is 70.9 Å². The highest BCUT2D eigenvalue weighted by molar-refractivity contribution is 5.99. The van der Waals surface area contributed by atoms with Crippen molar-refractivity contribution in [2.75, 3.05) is 79.0 Å². The van der Waals surface area contributed by atoms with Gasteiger partial charge in [-0.3, -0.25) is 57.5 Å². The van der Waals surface area contributed by atoms with Crippen molar-refractivity contribution < 1.29 is 133 Å². The molecular formula is C55H83N9O27. The summed E-state index contributed by atoms with van der Waals surface area (Å²) in [5.74, 6) is -15.7. The van der Waals surface area contributed by atoms with E-state index in [1.807, 2.05) is 5.32 Å². The average Bonchev–Trinajstić information content (AvgIpc) is 1.79. The highest BCUT2D eigenvalue weighted by Crippen LogP contribution is 2.28. The van der Waals surface area contributed by atoms with Crippen LogP contribution in [0.4, 0.5) is 0 Å². The van der Waals surface area contributed by atoms with E-state index in [1.54, 1.807) is 0 Å². The van der Waals surface area contributed by atoms with Crippen molar-refractivity contribution in [2.45, 2.75) is 145 Å². The van der Waals surface area contributed by atoms with Gasteiger partial charge in [0.05, 0.1) is 70.0 Å². The molecule has 0 spiro atoms. The minimum Gasteiger partial charge on any atom is -0.508 e. The summed E-state index contributed by atoms with van der Waals surface area (Å²) in [6.45, 7) is 1.04. The Labute approximate surface area is 520 Å². The number of carbonyl (C=O) groups excluding carboxylic acids is 10. The molecule has 3 fully saturated rings. The summed E-state index contributed by atoms with van der Waals surface area (Å²) in [7, 11) is 0. The van der Waals surface area contributed by atoms with Gasteiger partial charge in [0.1, 0.15) is 85.7 Å². The van der Waals surface area contributed by atoms with Crippen LogP contribution in [0.3, 0.4) is 0 Å². The molecule has 3 heterocycles. The van der Waals surface area contributed by atoms with Crippen molar-refractivity contribution in [1.82, 2.24) is 47.0 Å². The first kappa shape index (κ1) is 75.8. The first-order chi connectivity index (χ1) is 42.9. The summed E-state index contributed by atoms with van der Waals surface area (Å²) in [5.41, 5.74) is -0.106. The molecule has 0 aliphatic carbocycles. The number of carboxylic acids is 2. The van der Waals surface area contributed by atoms with Gasteiger partial charge in [-0.25, -0.2) is 0 Å². The number of nitrogens with zero attached hydrogens (tertiary/aromatic N) is 2. The molecule has 16 atom stereocenters. The van der Waals surface area contributed by atoms with Gasteiger partial charge in [-0.15, -0.1) is 0 Å². The second-order valence-electron chi connectivity index (χ2n) is 22.1. The van der Waals surface area contributed by atoms with Gasteiger partial charge < -0.3 is 122 Å². The lowest BCUT2D eigenvalue weighted by Crippen LogP contribution is -2.64. The number of aromatic hydroxyl groups is 1. The van der Waals surface area contributed by atoms with Crippen LogP contribution in [0.1, 0.15) is 71.0 Å². The van der Waals surface area contributed by atoms with Crippen LogP contribution in [-0.2, 0) is 76.5 Å². The molecule has 36 nitrogen and oxygen atoms in total. The predicted molar refractivity (Wildman–Crippen MR) is 303 cm³/mol. The average molecular weight is 1300 g/mol. The van der Waals surface area contributed by atoms with Crippen molar-refractivity contribution in [3.8, 4) is 5.75 Å². The largest absolute Gasteiger partial charge is 0.508 e. The molecule has 18 N–H and O–H groups in total. The van der Waals surface area contributed by atoms with Crippen LogP contribution in [0.2, 0.25) is 0 Å². The zero-order valence-electron chi connectivity index (χ0n) is 50.1. The number of rotatable bonds is 30. The molecule has 0 radical (unpaired) electrons. The predicted octanol–water partition coefficient (Wildman–Crippen LogP) is -8.93. The van der Waals surface area contributed by atoms with E-state index in [1.165, 1.54) is 6.92 Å². The second kappa shape index (κ2) is 37.0. The molecule has 3 aliphatic rings. The number of amides is 9. The number of carbonyl (C=O) groups is 12. The molecule has 1 aromatic carbocycles. The number of aliphatic hydroxyl groups is 8.